The van der Waals surface area contributed by atoms with Gasteiger partial charge in [-0.1, -0.05) is 60.7 Å². The van der Waals surface area contributed by atoms with E-state index in [4.69, 9.17) is 9.47 Å². The van der Waals surface area contributed by atoms with E-state index in [1.54, 1.807) is 0 Å². The quantitative estimate of drug-likeness (QED) is 0.242. The van der Waals surface area contributed by atoms with Crippen molar-refractivity contribution in [1.29, 1.82) is 0 Å². The van der Waals surface area contributed by atoms with Gasteiger partial charge in [-0.05, 0) is 76.8 Å². The monoisotopic (exact) mass is 498 g/mol. The number of unbranched alkanes of at least 4 members (excludes halogenated alkanes) is 1. The van der Waals surface area contributed by atoms with Crippen LogP contribution in [0.25, 0.3) is 0 Å². The molecule has 0 saturated heterocycles. The molecule has 0 radical (unpaired) electrons. The number of alkyl carbamates (subject to hydrolysis) is 2. The summed E-state index contributed by atoms with van der Waals surface area (Å²) in [5, 5.41) is 12.6. The standard InChI is InChI=1S/C28H42N4O4/c1-23(31-27(33)35-21-25-11-5-3-6-12-25)15-19-29-17-9-10-18-30-20-16-24(2)32-28(34)36-22-26-13-7-4-8-14-26/h3-8,11-14,23-24,29-30H,9-10,15-22H2,1-2H3,(H,31,33)(H,32,34). The van der Waals surface area contributed by atoms with Crippen LogP contribution in [0.2, 0.25) is 0 Å². The number of hydrogen-bond acceptors (Lipinski definition) is 6. The van der Waals surface area contributed by atoms with Crippen molar-refractivity contribution in [3.63, 3.8) is 0 Å². The van der Waals surface area contributed by atoms with Crippen molar-refractivity contribution in [3.05, 3.63) is 71.8 Å². The van der Waals surface area contributed by atoms with Gasteiger partial charge in [-0.2, -0.15) is 0 Å². The van der Waals surface area contributed by atoms with Crippen LogP contribution >= 0.6 is 0 Å². The second-order valence-electron chi connectivity index (χ2n) is 9.00. The van der Waals surface area contributed by atoms with E-state index in [9.17, 15) is 9.59 Å². The highest BCUT2D eigenvalue weighted by molar-refractivity contribution is 5.67. The minimum atomic E-state index is -0.383. The summed E-state index contributed by atoms with van der Waals surface area (Å²) < 4.78 is 10.5. The fourth-order valence-corrected chi connectivity index (χ4v) is 3.46. The Hall–Kier alpha value is -3.10. The molecule has 8 nitrogen and oxygen atoms in total. The number of carbonyl (C=O) groups excluding carboxylic acids is 2. The molecule has 2 atom stereocenters. The lowest BCUT2D eigenvalue weighted by atomic mass is 10.2. The molecule has 2 unspecified atom stereocenters. The average molecular weight is 499 g/mol. The zero-order valence-corrected chi connectivity index (χ0v) is 21.6. The van der Waals surface area contributed by atoms with Crippen molar-refractivity contribution in [2.45, 2.75) is 64.8 Å². The molecule has 0 aliphatic rings. The molecule has 198 valence electrons. The second kappa shape index (κ2) is 18.2. The molecule has 2 aromatic carbocycles. The molecule has 8 heteroatoms. The first-order valence-electron chi connectivity index (χ1n) is 12.9. The van der Waals surface area contributed by atoms with Gasteiger partial charge in [-0.25, -0.2) is 9.59 Å². The van der Waals surface area contributed by atoms with E-state index in [0.29, 0.717) is 0 Å². The first-order chi connectivity index (χ1) is 17.5. The van der Waals surface area contributed by atoms with E-state index in [1.165, 1.54) is 0 Å². The molecule has 0 saturated carbocycles. The Morgan fingerprint density at radius 1 is 0.639 bits per heavy atom. The number of rotatable bonds is 17. The lowest BCUT2D eigenvalue weighted by molar-refractivity contribution is 0.135. The number of benzene rings is 2. The lowest BCUT2D eigenvalue weighted by Gasteiger charge is -2.15. The normalized spacial score (nSPS) is 12.4. The summed E-state index contributed by atoms with van der Waals surface area (Å²) in [6, 6.07) is 19.4. The molecule has 0 aromatic heterocycles. The Morgan fingerprint density at radius 3 is 1.42 bits per heavy atom. The number of nitrogens with one attached hydrogen (secondary N) is 4. The SMILES string of the molecule is CC(CCNCCCCNCCC(C)NC(=O)OCc1ccccc1)NC(=O)OCc1ccccc1. The van der Waals surface area contributed by atoms with Crippen molar-refractivity contribution in [1.82, 2.24) is 21.3 Å². The molecule has 4 N–H and O–H groups in total. The molecular weight excluding hydrogens is 456 g/mol. The van der Waals surface area contributed by atoms with Crippen LogP contribution < -0.4 is 21.3 Å². The largest absolute Gasteiger partial charge is 0.445 e. The summed E-state index contributed by atoms with van der Waals surface area (Å²) in [4.78, 5) is 23.8. The van der Waals surface area contributed by atoms with E-state index in [0.717, 1.165) is 63.0 Å². The third-order valence-electron chi connectivity index (χ3n) is 5.62. The minimum absolute atomic E-state index is 0.0497. The van der Waals surface area contributed by atoms with Crippen LogP contribution in [0.1, 0.15) is 50.7 Å². The highest BCUT2D eigenvalue weighted by Crippen LogP contribution is 2.02. The highest BCUT2D eigenvalue weighted by Gasteiger charge is 2.09. The number of hydrogen-bond donors (Lipinski definition) is 4. The van der Waals surface area contributed by atoms with Gasteiger partial charge in [0.2, 0.25) is 0 Å². The summed E-state index contributed by atoms with van der Waals surface area (Å²) in [7, 11) is 0. The maximum absolute atomic E-state index is 11.9. The molecule has 0 bridgehead atoms. The molecular formula is C28H42N4O4. The van der Waals surface area contributed by atoms with Gasteiger partial charge in [0.05, 0.1) is 0 Å². The summed E-state index contributed by atoms with van der Waals surface area (Å²) in [5.41, 5.74) is 1.95. The second-order valence-corrected chi connectivity index (χ2v) is 9.00. The Labute approximate surface area is 215 Å². The van der Waals surface area contributed by atoms with Gasteiger partial charge >= 0.3 is 12.2 Å². The smallest absolute Gasteiger partial charge is 0.407 e. The zero-order valence-electron chi connectivity index (χ0n) is 21.6. The van der Waals surface area contributed by atoms with Gasteiger partial charge in [0.1, 0.15) is 13.2 Å². The van der Waals surface area contributed by atoms with E-state index in [-0.39, 0.29) is 37.5 Å². The molecule has 0 heterocycles. The van der Waals surface area contributed by atoms with Crippen LogP contribution in [0.3, 0.4) is 0 Å². The predicted molar refractivity (Wildman–Crippen MR) is 143 cm³/mol. The van der Waals surface area contributed by atoms with Crippen molar-refractivity contribution >= 4 is 12.2 Å². The van der Waals surface area contributed by atoms with Crippen LogP contribution in [0.5, 0.6) is 0 Å². The molecule has 2 amide bonds. The third-order valence-corrected chi connectivity index (χ3v) is 5.62. The minimum Gasteiger partial charge on any atom is -0.445 e. The maximum Gasteiger partial charge on any atom is 0.407 e. The van der Waals surface area contributed by atoms with Gasteiger partial charge in [-0.15, -0.1) is 0 Å². The molecule has 2 rings (SSSR count). The molecule has 0 spiro atoms. The van der Waals surface area contributed by atoms with E-state index >= 15 is 0 Å². The highest BCUT2D eigenvalue weighted by atomic mass is 16.6. The number of amides is 2. The van der Waals surface area contributed by atoms with Gasteiger partial charge in [0.15, 0.2) is 0 Å². The van der Waals surface area contributed by atoms with Crippen LogP contribution in [0, 0.1) is 0 Å². The van der Waals surface area contributed by atoms with E-state index in [2.05, 4.69) is 21.3 Å². The summed E-state index contributed by atoms with van der Waals surface area (Å²) in [6.07, 6.45) is 3.08. The maximum atomic E-state index is 11.9. The van der Waals surface area contributed by atoms with Crippen LogP contribution in [-0.4, -0.2) is 50.4 Å². The fraction of sp³-hybridized carbons (Fsp3) is 0.500. The Morgan fingerprint density at radius 2 is 1.03 bits per heavy atom. The molecule has 0 fully saturated rings. The van der Waals surface area contributed by atoms with Crippen LogP contribution in [-0.2, 0) is 22.7 Å². The first-order valence-corrected chi connectivity index (χ1v) is 12.9. The van der Waals surface area contributed by atoms with Gasteiger partial charge in [0, 0.05) is 12.1 Å². The topological polar surface area (TPSA) is 101 Å². The number of carbonyl (C=O) groups is 2. The van der Waals surface area contributed by atoms with Crippen molar-refractivity contribution in [2.24, 2.45) is 0 Å². The first kappa shape index (κ1) is 29.1. The van der Waals surface area contributed by atoms with E-state index < -0.39 is 0 Å². The van der Waals surface area contributed by atoms with Gasteiger partial charge in [-0.3, -0.25) is 0 Å². The van der Waals surface area contributed by atoms with Crippen LogP contribution in [0.4, 0.5) is 9.59 Å². The Balaban J connectivity index is 1.36. The van der Waals surface area contributed by atoms with E-state index in [1.807, 2.05) is 74.5 Å². The van der Waals surface area contributed by atoms with Gasteiger partial charge in [0.25, 0.3) is 0 Å². The third kappa shape index (κ3) is 14.3. The van der Waals surface area contributed by atoms with Gasteiger partial charge < -0.3 is 30.7 Å². The molecule has 36 heavy (non-hydrogen) atoms. The summed E-state index contributed by atoms with van der Waals surface area (Å²) in [5.74, 6) is 0. The molecule has 0 aliphatic heterocycles. The van der Waals surface area contributed by atoms with Crippen molar-refractivity contribution in [3.8, 4) is 0 Å². The van der Waals surface area contributed by atoms with Crippen LogP contribution in [0.15, 0.2) is 60.7 Å². The van der Waals surface area contributed by atoms with Crippen molar-refractivity contribution < 1.29 is 19.1 Å². The zero-order chi connectivity index (χ0) is 25.8. The molecule has 2 aromatic rings. The predicted octanol–water partition coefficient (Wildman–Crippen LogP) is 4.36. The summed E-state index contributed by atoms with van der Waals surface area (Å²) in [6.45, 7) is 8.09. The lowest BCUT2D eigenvalue weighted by Crippen LogP contribution is -2.35. The Kier molecular flexibility index (Phi) is 14.7. The Bertz CT molecular complexity index is 780. The summed E-state index contributed by atoms with van der Waals surface area (Å²) >= 11 is 0. The number of ether oxygens (including phenoxy) is 2. The fourth-order valence-electron chi connectivity index (χ4n) is 3.46. The van der Waals surface area contributed by atoms with Crippen molar-refractivity contribution in [2.75, 3.05) is 26.2 Å². The average Bonchev–Trinajstić information content (AvgIpc) is 2.88. The molecule has 0 aliphatic carbocycles.